The Morgan fingerprint density at radius 2 is 1.33 bits per heavy atom. The van der Waals surface area contributed by atoms with Gasteiger partial charge in [-0.15, -0.1) is 4.40 Å². The van der Waals surface area contributed by atoms with Gasteiger partial charge in [-0.05, 0) is 53.5 Å². The van der Waals surface area contributed by atoms with E-state index in [2.05, 4.69) is 4.40 Å². The highest BCUT2D eigenvalue weighted by atomic mass is 32.2. The lowest BCUT2D eigenvalue weighted by molar-refractivity contribution is -0.384. The number of Topliss-reactive ketones (excluding diaryl/α,β-unsaturated/α-hetero) is 2. The Morgan fingerprint density at radius 3 is 1.76 bits per heavy atom. The maximum absolute atomic E-state index is 13.9. The van der Waals surface area contributed by atoms with Gasteiger partial charge in [0.1, 0.15) is 0 Å². The maximum Gasteiger partial charge on any atom is 0.285 e. The Kier molecular flexibility index (Phi) is 6.88. The fraction of sp³-hybridized carbons (Fsp3) is 0.367. The van der Waals surface area contributed by atoms with Crippen molar-refractivity contribution in [1.29, 1.82) is 0 Å². The lowest BCUT2D eigenvalue weighted by atomic mass is 9.63. The van der Waals surface area contributed by atoms with Crippen molar-refractivity contribution in [3.63, 3.8) is 0 Å². The zero-order chi connectivity index (χ0) is 30.8. The standard InChI is InChI=1S/C30H33N5O6S/c1-29(2)13-21-26(23(36)15-29)25(17-5-7-19(8-6-17)35(38)39)27-22(14-30(3,4)16-24(27)37)34(21)18-9-11-20(12-10-18)42(40,41)33-28(31)32/h5-12,25H,13-16H2,1-4H3,(H4,31,32,33). The topological polar surface area (TPSA) is 179 Å². The van der Waals surface area contributed by atoms with Crippen LogP contribution in [0, 0.1) is 20.9 Å². The van der Waals surface area contributed by atoms with Crippen LogP contribution in [0.3, 0.4) is 0 Å². The summed E-state index contributed by atoms with van der Waals surface area (Å²) >= 11 is 0. The molecule has 220 valence electrons. The van der Waals surface area contributed by atoms with Crippen molar-refractivity contribution in [2.24, 2.45) is 26.7 Å². The number of carbonyl (C=O) groups is 2. The maximum atomic E-state index is 13.9. The molecule has 3 aliphatic rings. The van der Waals surface area contributed by atoms with Crippen molar-refractivity contribution in [2.75, 3.05) is 4.90 Å². The lowest BCUT2D eigenvalue weighted by Crippen LogP contribution is -2.44. The Balaban J connectivity index is 1.76. The molecule has 1 heterocycles. The summed E-state index contributed by atoms with van der Waals surface area (Å²) < 4.78 is 28.5. The molecule has 1 aliphatic heterocycles. The summed E-state index contributed by atoms with van der Waals surface area (Å²) in [5.74, 6) is -1.43. The van der Waals surface area contributed by atoms with Gasteiger partial charge in [0.25, 0.3) is 15.7 Å². The largest absolute Gasteiger partial charge is 0.369 e. The molecule has 12 heteroatoms. The Bertz CT molecular complexity index is 1660. The number of nitro benzene ring substituents is 1. The number of nitro groups is 1. The van der Waals surface area contributed by atoms with Gasteiger partial charge in [0.15, 0.2) is 11.6 Å². The van der Waals surface area contributed by atoms with Gasteiger partial charge in [0.05, 0.1) is 9.82 Å². The number of allylic oxidation sites excluding steroid dienone is 4. The minimum Gasteiger partial charge on any atom is -0.369 e. The van der Waals surface area contributed by atoms with E-state index in [0.717, 1.165) is 11.4 Å². The van der Waals surface area contributed by atoms with Gasteiger partial charge in [0.2, 0.25) is 5.96 Å². The number of ketones is 2. The first-order valence-corrected chi connectivity index (χ1v) is 15.0. The summed E-state index contributed by atoms with van der Waals surface area (Å²) in [5, 5.41) is 11.3. The molecule has 0 saturated carbocycles. The number of carbonyl (C=O) groups excluding carboxylic acids is 2. The summed E-state index contributed by atoms with van der Waals surface area (Å²) in [5.41, 5.74) is 13.5. The number of nitrogens with zero attached hydrogens (tertiary/aromatic N) is 3. The van der Waals surface area contributed by atoms with E-state index in [4.69, 9.17) is 11.5 Å². The van der Waals surface area contributed by atoms with Crippen molar-refractivity contribution in [2.45, 2.75) is 64.2 Å². The number of benzene rings is 2. The molecule has 0 aromatic heterocycles. The first-order valence-electron chi connectivity index (χ1n) is 13.5. The minimum atomic E-state index is -4.12. The second kappa shape index (κ2) is 9.90. The van der Waals surface area contributed by atoms with Crippen molar-refractivity contribution in [3.8, 4) is 0 Å². The van der Waals surface area contributed by atoms with E-state index in [9.17, 15) is 28.1 Å². The van der Waals surface area contributed by atoms with Crippen molar-refractivity contribution in [3.05, 3.63) is 86.7 Å². The van der Waals surface area contributed by atoms with E-state index in [-0.39, 0.29) is 45.8 Å². The average Bonchev–Trinajstić information content (AvgIpc) is 2.85. The molecule has 42 heavy (non-hydrogen) atoms. The Labute approximate surface area is 244 Å². The quantitative estimate of drug-likeness (QED) is 0.220. The molecule has 0 saturated heterocycles. The van der Waals surface area contributed by atoms with Crippen LogP contribution in [0.2, 0.25) is 0 Å². The van der Waals surface area contributed by atoms with Gasteiger partial charge in [-0.25, -0.2) is 0 Å². The molecule has 11 nitrogen and oxygen atoms in total. The van der Waals surface area contributed by atoms with Crippen LogP contribution in [0.15, 0.2) is 80.4 Å². The summed E-state index contributed by atoms with van der Waals surface area (Å²) in [7, 11) is -4.12. The molecule has 2 aromatic rings. The SMILES string of the molecule is CC1(C)CC(=O)C2=C(C1)N(c1ccc(S(=O)(=O)N=C(N)N)cc1)C1=C(C(=O)CC(C)(C)C1)C2c1ccc([N+](=O)[O-])cc1. The van der Waals surface area contributed by atoms with Gasteiger partial charge in [-0.1, -0.05) is 39.8 Å². The van der Waals surface area contributed by atoms with Gasteiger partial charge in [-0.2, -0.15) is 8.42 Å². The minimum absolute atomic E-state index is 0.0810. The van der Waals surface area contributed by atoms with Gasteiger partial charge in [-0.3, -0.25) is 19.7 Å². The van der Waals surface area contributed by atoms with Gasteiger partial charge in [0, 0.05) is 59.1 Å². The Hall–Kier alpha value is -4.32. The van der Waals surface area contributed by atoms with E-state index < -0.39 is 26.8 Å². The highest BCUT2D eigenvalue weighted by molar-refractivity contribution is 7.90. The number of hydrogen-bond acceptors (Lipinski definition) is 7. The zero-order valence-corrected chi connectivity index (χ0v) is 24.7. The number of rotatable bonds is 5. The van der Waals surface area contributed by atoms with Crippen LogP contribution < -0.4 is 16.4 Å². The van der Waals surface area contributed by atoms with E-state index in [1.807, 2.05) is 32.6 Å². The number of guanidine groups is 1. The molecule has 0 amide bonds. The van der Waals surface area contributed by atoms with Gasteiger partial charge < -0.3 is 16.4 Å². The lowest BCUT2D eigenvalue weighted by Gasteiger charge is -2.49. The number of hydrogen-bond donors (Lipinski definition) is 2. The van der Waals surface area contributed by atoms with Crippen molar-refractivity contribution < 1.29 is 22.9 Å². The molecule has 4 N–H and O–H groups in total. The summed E-state index contributed by atoms with van der Waals surface area (Å²) in [4.78, 5) is 40.6. The summed E-state index contributed by atoms with van der Waals surface area (Å²) in [6.07, 6.45) is 1.61. The fourth-order valence-corrected chi connectivity index (χ4v) is 7.22. The molecule has 2 aliphatic carbocycles. The molecule has 0 radical (unpaired) electrons. The Morgan fingerprint density at radius 1 is 0.857 bits per heavy atom. The highest BCUT2D eigenvalue weighted by Gasteiger charge is 2.49. The van der Waals surface area contributed by atoms with Crippen LogP contribution in [0.5, 0.6) is 0 Å². The molecule has 0 spiro atoms. The molecule has 2 aromatic carbocycles. The second-order valence-electron chi connectivity index (χ2n) is 12.7. The first kappa shape index (κ1) is 29.2. The number of sulfonamides is 1. The fourth-order valence-electron chi connectivity index (χ4n) is 6.36. The van der Waals surface area contributed by atoms with Crippen molar-refractivity contribution in [1.82, 2.24) is 0 Å². The number of nitrogens with two attached hydrogens (primary N) is 2. The van der Waals surface area contributed by atoms with Crippen molar-refractivity contribution >= 4 is 38.9 Å². The molecular formula is C30H33N5O6S. The third kappa shape index (κ3) is 5.22. The van der Waals surface area contributed by atoms with Crippen LogP contribution in [0.4, 0.5) is 11.4 Å². The highest BCUT2D eigenvalue weighted by Crippen LogP contribution is 2.55. The van der Waals surface area contributed by atoms with E-state index >= 15 is 0 Å². The molecule has 0 unspecified atom stereocenters. The monoisotopic (exact) mass is 591 g/mol. The molecule has 0 fully saturated rings. The second-order valence-corrected chi connectivity index (χ2v) is 14.3. The smallest absolute Gasteiger partial charge is 0.285 e. The van der Waals surface area contributed by atoms with E-state index in [0.29, 0.717) is 35.2 Å². The zero-order valence-electron chi connectivity index (χ0n) is 23.9. The number of anilines is 1. The number of non-ortho nitro benzene ring substituents is 1. The first-order chi connectivity index (χ1) is 19.5. The van der Waals surface area contributed by atoms with Crippen LogP contribution in [-0.4, -0.2) is 30.9 Å². The van der Waals surface area contributed by atoms with Crippen LogP contribution >= 0.6 is 0 Å². The van der Waals surface area contributed by atoms with E-state index in [1.54, 1.807) is 24.3 Å². The molecule has 0 atom stereocenters. The third-order valence-corrected chi connectivity index (χ3v) is 9.28. The normalized spacial score (nSPS) is 20.2. The predicted molar refractivity (Wildman–Crippen MR) is 158 cm³/mol. The van der Waals surface area contributed by atoms with Gasteiger partial charge >= 0.3 is 0 Å². The van der Waals surface area contributed by atoms with Crippen LogP contribution in [0.25, 0.3) is 0 Å². The van der Waals surface area contributed by atoms with Crippen LogP contribution in [-0.2, 0) is 19.6 Å². The molecular weight excluding hydrogens is 558 g/mol. The van der Waals surface area contributed by atoms with E-state index in [1.165, 1.54) is 24.3 Å². The summed E-state index contributed by atoms with van der Waals surface area (Å²) in [6.45, 7) is 8.05. The predicted octanol–water partition coefficient (Wildman–Crippen LogP) is 4.45. The average molecular weight is 592 g/mol. The third-order valence-electron chi connectivity index (χ3n) is 7.97. The molecule has 0 bridgehead atoms. The summed E-state index contributed by atoms with van der Waals surface area (Å²) in [6, 6.07) is 12.1. The molecule has 5 rings (SSSR count). The van der Waals surface area contributed by atoms with Crippen LogP contribution in [0.1, 0.15) is 64.9 Å².